The number of aromatic nitrogens is 1. The van der Waals surface area contributed by atoms with E-state index in [4.69, 9.17) is 0 Å². The maximum absolute atomic E-state index is 13.9. The van der Waals surface area contributed by atoms with E-state index in [-0.39, 0.29) is 36.3 Å². The highest BCUT2D eigenvalue weighted by Gasteiger charge is 2.29. The van der Waals surface area contributed by atoms with Gasteiger partial charge in [-0.1, -0.05) is 89.7 Å². The number of nitrogens with zero attached hydrogens (tertiary/aromatic N) is 3. The van der Waals surface area contributed by atoms with E-state index in [1.165, 1.54) is 63.5 Å². The largest absolute Gasteiger partial charge is 0.345 e. The second kappa shape index (κ2) is 18.0. The molecule has 1 aromatic heterocycles. The molecule has 1 fully saturated rings. The molecular weight excluding hydrogens is 513 g/mol. The number of rotatable bonds is 18. The molecule has 0 N–H and O–H groups in total. The summed E-state index contributed by atoms with van der Waals surface area (Å²) < 4.78 is 15.6. The van der Waals surface area contributed by atoms with Gasteiger partial charge in [-0.2, -0.15) is 0 Å². The molecule has 228 valence electrons. The van der Waals surface area contributed by atoms with E-state index in [9.17, 15) is 14.0 Å². The lowest BCUT2D eigenvalue weighted by atomic mass is 9.94. The summed E-state index contributed by atoms with van der Waals surface area (Å²) >= 11 is 0. The van der Waals surface area contributed by atoms with Gasteiger partial charge in [0.25, 0.3) is 0 Å². The van der Waals surface area contributed by atoms with Crippen LogP contribution in [0.1, 0.15) is 128 Å². The van der Waals surface area contributed by atoms with Crippen LogP contribution in [-0.4, -0.2) is 44.8 Å². The molecule has 1 aliphatic carbocycles. The molecule has 41 heavy (non-hydrogen) atoms. The van der Waals surface area contributed by atoms with Crippen LogP contribution in [0.5, 0.6) is 0 Å². The van der Waals surface area contributed by atoms with E-state index in [1.807, 2.05) is 43.1 Å². The Morgan fingerprint density at radius 2 is 1.51 bits per heavy atom. The van der Waals surface area contributed by atoms with Crippen molar-refractivity contribution in [1.29, 1.82) is 0 Å². The summed E-state index contributed by atoms with van der Waals surface area (Å²) in [6.07, 6.45) is 19.0. The van der Waals surface area contributed by atoms with Gasteiger partial charge >= 0.3 is 0 Å². The molecule has 1 saturated carbocycles. The van der Waals surface area contributed by atoms with E-state index in [0.29, 0.717) is 19.5 Å². The number of benzene rings is 1. The first-order valence-corrected chi connectivity index (χ1v) is 16.4. The predicted molar refractivity (Wildman–Crippen MR) is 166 cm³/mol. The van der Waals surface area contributed by atoms with Crippen molar-refractivity contribution in [3.63, 3.8) is 0 Å². The first kappa shape index (κ1) is 32.9. The SMILES string of the molecule is CCCCCCCCCCCC(=O)N(CC(=O)N(Cc1cccn1Cc1ccc(F)cc1)C1CCCCC1)C(C)C. The summed E-state index contributed by atoms with van der Waals surface area (Å²) in [4.78, 5) is 31.0. The highest BCUT2D eigenvalue weighted by Crippen LogP contribution is 2.25. The maximum Gasteiger partial charge on any atom is 0.242 e. The first-order chi connectivity index (χ1) is 19.9. The minimum absolute atomic E-state index is 0.0134. The van der Waals surface area contributed by atoms with Crippen molar-refractivity contribution >= 4 is 11.8 Å². The Hall–Kier alpha value is -2.63. The molecule has 6 heteroatoms. The van der Waals surface area contributed by atoms with Crippen molar-refractivity contribution in [3.8, 4) is 0 Å². The van der Waals surface area contributed by atoms with Gasteiger partial charge in [0.2, 0.25) is 11.8 Å². The molecule has 0 saturated heterocycles. The monoisotopic (exact) mass is 567 g/mol. The normalized spacial score (nSPS) is 14.0. The zero-order valence-electron chi connectivity index (χ0n) is 26.0. The number of carbonyl (C=O) groups is 2. The van der Waals surface area contributed by atoms with E-state index >= 15 is 0 Å². The van der Waals surface area contributed by atoms with Crippen LogP contribution >= 0.6 is 0 Å². The lowest BCUT2D eigenvalue weighted by molar-refractivity contribution is -0.144. The Morgan fingerprint density at radius 1 is 0.878 bits per heavy atom. The van der Waals surface area contributed by atoms with Crippen molar-refractivity contribution in [3.05, 3.63) is 59.7 Å². The van der Waals surface area contributed by atoms with Crippen molar-refractivity contribution in [2.75, 3.05) is 6.54 Å². The second-order valence-electron chi connectivity index (χ2n) is 12.3. The molecule has 1 aromatic carbocycles. The number of unbranched alkanes of at least 4 members (excludes halogenated alkanes) is 8. The average Bonchev–Trinajstić information content (AvgIpc) is 3.41. The fraction of sp³-hybridized carbons (Fsp3) is 0.657. The van der Waals surface area contributed by atoms with Crippen LogP contribution in [0.15, 0.2) is 42.6 Å². The summed E-state index contributed by atoms with van der Waals surface area (Å²) in [5.41, 5.74) is 2.08. The summed E-state index contributed by atoms with van der Waals surface area (Å²) in [6.45, 7) is 7.57. The van der Waals surface area contributed by atoms with Crippen molar-refractivity contribution in [2.24, 2.45) is 0 Å². The molecule has 0 spiro atoms. The van der Waals surface area contributed by atoms with Crippen molar-refractivity contribution in [2.45, 2.75) is 142 Å². The standard InChI is InChI=1S/C35H54FN3O2/c1-4-5-6-7-8-9-10-11-15-20-34(40)38(29(2)3)28-35(41)39(32-17-13-12-14-18-32)27-33-19-16-25-37(33)26-30-21-23-31(36)24-22-30/h16,19,21-25,29,32H,4-15,17-18,20,26-28H2,1-3H3. The van der Waals surface area contributed by atoms with Gasteiger partial charge in [-0.3, -0.25) is 9.59 Å². The van der Waals surface area contributed by atoms with E-state index < -0.39 is 0 Å². The lowest BCUT2D eigenvalue weighted by Gasteiger charge is -2.37. The Kier molecular flexibility index (Phi) is 14.5. The lowest BCUT2D eigenvalue weighted by Crippen LogP contribution is -2.49. The summed E-state index contributed by atoms with van der Waals surface area (Å²) in [6, 6.07) is 10.9. The van der Waals surface area contributed by atoms with Crippen LogP contribution in [-0.2, 0) is 22.7 Å². The third kappa shape index (κ3) is 11.3. The minimum Gasteiger partial charge on any atom is -0.345 e. The molecule has 2 aromatic rings. The van der Waals surface area contributed by atoms with Crippen LogP contribution in [0, 0.1) is 5.82 Å². The van der Waals surface area contributed by atoms with E-state index in [0.717, 1.165) is 49.8 Å². The zero-order chi connectivity index (χ0) is 29.5. The molecule has 1 aliphatic rings. The molecule has 1 heterocycles. The van der Waals surface area contributed by atoms with Crippen LogP contribution in [0.2, 0.25) is 0 Å². The van der Waals surface area contributed by atoms with Crippen LogP contribution < -0.4 is 0 Å². The number of hydrogen-bond donors (Lipinski definition) is 0. The summed E-state index contributed by atoms with van der Waals surface area (Å²) in [5, 5.41) is 0. The molecule has 0 aliphatic heterocycles. The third-order valence-corrected chi connectivity index (χ3v) is 8.60. The molecule has 0 atom stereocenters. The van der Waals surface area contributed by atoms with Crippen LogP contribution in [0.3, 0.4) is 0 Å². The Labute approximate surface area is 248 Å². The summed E-state index contributed by atoms with van der Waals surface area (Å²) in [7, 11) is 0. The number of amides is 2. The van der Waals surface area contributed by atoms with Gasteiger partial charge in [0.05, 0.1) is 13.1 Å². The van der Waals surface area contributed by atoms with Gasteiger partial charge in [0.1, 0.15) is 5.82 Å². The van der Waals surface area contributed by atoms with Gasteiger partial charge < -0.3 is 14.4 Å². The first-order valence-electron chi connectivity index (χ1n) is 16.4. The second-order valence-corrected chi connectivity index (χ2v) is 12.3. The summed E-state index contributed by atoms with van der Waals surface area (Å²) in [5.74, 6) is -0.0993. The maximum atomic E-state index is 13.9. The van der Waals surface area contributed by atoms with E-state index in [1.54, 1.807) is 4.90 Å². The number of halogens is 1. The van der Waals surface area contributed by atoms with Crippen molar-refractivity contribution in [1.82, 2.24) is 14.4 Å². The Balaban J connectivity index is 1.59. The highest BCUT2D eigenvalue weighted by atomic mass is 19.1. The zero-order valence-corrected chi connectivity index (χ0v) is 26.0. The predicted octanol–water partition coefficient (Wildman–Crippen LogP) is 8.49. The average molecular weight is 568 g/mol. The fourth-order valence-corrected chi connectivity index (χ4v) is 6.05. The van der Waals surface area contributed by atoms with Gasteiger partial charge in [-0.15, -0.1) is 0 Å². The number of hydrogen-bond acceptors (Lipinski definition) is 2. The molecule has 0 radical (unpaired) electrons. The fourth-order valence-electron chi connectivity index (χ4n) is 6.05. The van der Waals surface area contributed by atoms with Crippen LogP contribution in [0.4, 0.5) is 4.39 Å². The third-order valence-electron chi connectivity index (χ3n) is 8.60. The molecule has 0 bridgehead atoms. The molecule has 2 amide bonds. The molecular formula is C35H54FN3O2. The molecule has 0 unspecified atom stereocenters. The quantitative estimate of drug-likeness (QED) is 0.170. The number of carbonyl (C=O) groups excluding carboxylic acids is 2. The minimum atomic E-state index is -0.238. The molecule has 3 rings (SSSR count). The van der Waals surface area contributed by atoms with Crippen LogP contribution in [0.25, 0.3) is 0 Å². The van der Waals surface area contributed by atoms with E-state index in [2.05, 4.69) is 17.6 Å². The van der Waals surface area contributed by atoms with Gasteiger partial charge in [-0.05, 0) is 62.9 Å². The van der Waals surface area contributed by atoms with Gasteiger partial charge in [-0.25, -0.2) is 4.39 Å². The van der Waals surface area contributed by atoms with Crippen molar-refractivity contribution < 1.29 is 14.0 Å². The highest BCUT2D eigenvalue weighted by molar-refractivity contribution is 5.85. The Morgan fingerprint density at radius 3 is 2.15 bits per heavy atom. The van der Waals surface area contributed by atoms with Gasteiger partial charge in [0, 0.05) is 36.9 Å². The smallest absolute Gasteiger partial charge is 0.242 e. The topological polar surface area (TPSA) is 45.6 Å². The molecule has 5 nitrogen and oxygen atoms in total. The van der Waals surface area contributed by atoms with Gasteiger partial charge in [0.15, 0.2) is 0 Å². The Bertz CT molecular complexity index is 1030.